The minimum Gasteiger partial charge on any atom is -0.344 e. The van der Waals surface area contributed by atoms with Gasteiger partial charge in [-0.25, -0.2) is 0 Å². The first kappa shape index (κ1) is 13.2. The first-order chi connectivity index (χ1) is 7.90. The van der Waals surface area contributed by atoms with Crippen LogP contribution in [0.4, 0.5) is 5.82 Å². The number of anilines is 1. The molecule has 1 aromatic rings. The average Bonchev–Trinajstić information content (AvgIpc) is 2.59. The summed E-state index contributed by atoms with van der Waals surface area (Å²) in [4.78, 5) is 22.9. The Morgan fingerprint density at radius 2 is 2.06 bits per heavy atom. The molecule has 1 aromatic heterocycles. The number of H-pyrrole nitrogens is 1. The van der Waals surface area contributed by atoms with Crippen molar-refractivity contribution in [3.8, 4) is 0 Å². The smallest absolute Gasteiger partial charge is 0.248 e. The van der Waals surface area contributed by atoms with Crippen LogP contribution in [0.5, 0.6) is 0 Å². The largest absolute Gasteiger partial charge is 0.344 e. The van der Waals surface area contributed by atoms with Crippen LogP contribution in [0, 0.1) is 12.8 Å². The summed E-state index contributed by atoms with van der Waals surface area (Å²) in [6, 6.07) is 1.17. The van der Waals surface area contributed by atoms with E-state index in [0.29, 0.717) is 5.82 Å². The van der Waals surface area contributed by atoms with E-state index in [4.69, 9.17) is 0 Å². The molecule has 94 valence electrons. The molecule has 0 spiro atoms. The van der Waals surface area contributed by atoms with Gasteiger partial charge in [-0.15, -0.1) is 0 Å². The highest BCUT2D eigenvalue weighted by atomic mass is 16.2. The number of hydrogen-bond acceptors (Lipinski definition) is 3. The Morgan fingerprint density at radius 3 is 2.47 bits per heavy atom. The molecule has 3 N–H and O–H groups in total. The van der Waals surface area contributed by atoms with Gasteiger partial charge in [0.2, 0.25) is 11.8 Å². The third kappa shape index (κ3) is 3.90. The van der Waals surface area contributed by atoms with Gasteiger partial charge < -0.3 is 10.6 Å². The van der Waals surface area contributed by atoms with Crippen molar-refractivity contribution < 1.29 is 9.59 Å². The zero-order valence-electron chi connectivity index (χ0n) is 10.5. The summed E-state index contributed by atoms with van der Waals surface area (Å²) in [5.74, 6) is -0.0128. The summed E-state index contributed by atoms with van der Waals surface area (Å²) in [6.07, 6.45) is 0. The number of amides is 2. The lowest BCUT2D eigenvalue weighted by Gasteiger charge is -2.20. The highest BCUT2D eigenvalue weighted by molar-refractivity contribution is 5.96. The molecule has 0 radical (unpaired) electrons. The van der Waals surface area contributed by atoms with Gasteiger partial charge >= 0.3 is 0 Å². The van der Waals surface area contributed by atoms with Gasteiger partial charge in [0.15, 0.2) is 5.82 Å². The first-order valence-corrected chi connectivity index (χ1v) is 5.50. The van der Waals surface area contributed by atoms with E-state index in [1.54, 1.807) is 6.07 Å². The Kier molecular flexibility index (Phi) is 4.25. The fraction of sp³-hybridized carbons (Fsp3) is 0.545. The summed E-state index contributed by atoms with van der Waals surface area (Å²) in [6.45, 7) is 6.98. The normalized spacial score (nSPS) is 12.3. The number of hydrogen-bond donors (Lipinski definition) is 3. The third-order valence-corrected chi connectivity index (χ3v) is 2.27. The van der Waals surface area contributed by atoms with Crippen molar-refractivity contribution in [2.75, 3.05) is 5.32 Å². The van der Waals surface area contributed by atoms with Gasteiger partial charge in [0, 0.05) is 18.7 Å². The zero-order chi connectivity index (χ0) is 13.0. The van der Waals surface area contributed by atoms with E-state index < -0.39 is 6.04 Å². The van der Waals surface area contributed by atoms with E-state index in [0.717, 1.165) is 5.69 Å². The summed E-state index contributed by atoms with van der Waals surface area (Å²) < 4.78 is 0. The van der Waals surface area contributed by atoms with Crippen LogP contribution in [0.15, 0.2) is 6.07 Å². The number of carbonyl (C=O) groups excluding carboxylic acids is 2. The Bertz CT molecular complexity index is 411. The van der Waals surface area contributed by atoms with Gasteiger partial charge in [-0.05, 0) is 12.8 Å². The molecule has 1 atom stereocenters. The lowest BCUT2D eigenvalue weighted by atomic mass is 10.0. The first-order valence-electron chi connectivity index (χ1n) is 5.50. The van der Waals surface area contributed by atoms with Crippen molar-refractivity contribution in [3.63, 3.8) is 0 Å². The summed E-state index contributed by atoms with van der Waals surface area (Å²) in [5.41, 5.74) is 0.862. The van der Waals surface area contributed by atoms with Crippen LogP contribution in [-0.2, 0) is 9.59 Å². The maximum atomic E-state index is 11.9. The van der Waals surface area contributed by atoms with Crippen LogP contribution in [-0.4, -0.2) is 28.1 Å². The number of nitrogens with zero attached hydrogens (tertiary/aromatic N) is 1. The molecule has 6 nitrogen and oxygen atoms in total. The van der Waals surface area contributed by atoms with Crippen molar-refractivity contribution in [3.05, 3.63) is 11.8 Å². The number of aryl methyl sites for hydroxylation is 1. The van der Waals surface area contributed by atoms with E-state index in [1.165, 1.54) is 6.92 Å². The third-order valence-electron chi connectivity index (χ3n) is 2.27. The number of aromatic nitrogens is 2. The van der Waals surface area contributed by atoms with Gasteiger partial charge in [-0.2, -0.15) is 5.10 Å². The molecule has 0 saturated heterocycles. The zero-order valence-corrected chi connectivity index (χ0v) is 10.5. The maximum absolute atomic E-state index is 11.9. The Balaban J connectivity index is 2.68. The van der Waals surface area contributed by atoms with Gasteiger partial charge in [0.25, 0.3) is 0 Å². The van der Waals surface area contributed by atoms with Crippen LogP contribution in [0.3, 0.4) is 0 Å². The van der Waals surface area contributed by atoms with Crippen molar-refractivity contribution in [2.24, 2.45) is 5.92 Å². The molecule has 17 heavy (non-hydrogen) atoms. The van der Waals surface area contributed by atoms with Gasteiger partial charge in [0.1, 0.15) is 6.04 Å². The van der Waals surface area contributed by atoms with Crippen molar-refractivity contribution in [1.82, 2.24) is 15.5 Å². The van der Waals surface area contributed by atoms with Gasteiger partial charge in [0.05, 0.1) is 0 Å². The summed E-state index contributed by atoms with van der Waals surface area (Å²) in [5, 5.41) is 11.9. The lowest BCUT2D eigenvalue weighted by molar-refractivity contribution is -0.126. The highest BCUT2D eigenvalue weighted by Crippen LogP contribution is 2.08. The van der Waals surface area contributed by atoms with Gasteiger partial charge in [-0.1, -0.05) is 13.8 Å². The molecule has 0 aliphatic heterocycles. The highest BCUT2D eigenvalue weighted by Gasteiger charge is 2.23. The maximum Gasteiger partial charge on any atom is 0.248 e. The van der Waals surface area contributed by atoms with Crippen molar-refractivity contribution in [1.29, 1.82) is 0 Å². The number of carbonyl (C=O) groups is 2. The number of nitrogens with one attached hydrogen (secondary N) is 3. The minimum atomic E-state index is -0.551. The predicted molar refractivity (Wildman–Crippen MR) is 64.4 cm³/mol. The Labute approximate surface area is 100 Å². The molecule has 0 aliphatic rings. The molecule has 1 unspecified atom stereocenters. The second kappa shape index (κ2) is 5.47. The molecule has 0 saturated carbocycles. The predicted octanol–water partition coefficient (Wildman–Crippen LogP) is 0.817. The van der Waals surface area contributed by atoms with E-state index in [2.05, 4.69) is 20.8 Å². The van der Waals surface area contributed by atoms with Crippen LogP contribution < -0.4 is 10.6 Å². The molecule has 0 bridgehead atoms. The molecular weight excluding hydrogens is 220 g/mol. The number of rotatable bonds is 4. The van der Waals surface area contributed by atoms with Gasteiger partial charge in [-0.3, -0.25) is 14.7 Å². The van der Waals surface area contributed by atoms with Crippen molar-refractivity contribution in [2.45, 2.75) is 33.7 Å². The number of aromatic amines is 1. The van der Waals surface area contributed by atoms with E-state index >= 15 is 0 Å². The second-order valence-electron chi connectivity index (χ2n) is 4.35. The van der Waals surface area contributed by atoms with E-state index in [9.17, 15) is 9.59 Å². The molecule has 1 heterocycles. The molecule has 2 amide bonds. The van der Waals surface area contributed by atoms with E-state index in [1.807, 2.05) is 20.8 Å². The topological polar surface area (TPSA) is 86.9 Å². The van der Waals surface area contributed by atoms with Crippen LogP contribution in [0.2, 0.25) is 0 Å². The molecule has 1 rings (SSSR count). The Hall–Kier alpha value is -1.85. The second-order valence-corrected chi connectivity index (χ2v) is 4.35. The van der Waals surface area contributed by atoms with Crippen LogP contribution in [0.25, 0.3) is 0 Å². The monoisotopic (exact) mass is 238 g/mol. The molecule has 0 aromatic carbocycles. The summed E-state index contributed by atoms with van der Waals surface area (Å²) >= 11 is 0. The Morgan fingerprint density at radius 1 is 1.41 bits per heavy atom. The lowest BCUT2D eigenvalue weighted by Crippen LogP contribution is -2.46. The van der Waals surface area contributed by atoms with Crippen molar-refractivity contribution >= 4 is 17.6 Å². The fourth-order valence-electron chi connectivity index (χ4n) is 1.44. The molecule has 6 heteroatoms. The average molecular weight is 238 g/mol. The minimum absolute atomic E-state index is 0.0129. The molecule has 0 fully saturated rings. The van der Waals surface area contributed by atoms with Crippen LogP contribution >= 0.6 is 0 Å². The quantitative estimate of drug-likeness (QED) is 0.725. The summed E-state index contributed by atoms with van der Waals surface area (Å²) in [7, 11) is 0. The SMILES string of the molecule is CC(=O)NC(C(=O)Nc1cc(C)[nH]n1)C(C)C. The van der Waals surface area contributed by atoms with Crippen LogP contribution in [0.1, 0.15) is 26.5 Å². The van der Waals surface area contributed by atoms with E-state index in [-0.39, 0.29) is 17.7 Å². The molecular formula is C11H18N4O2. The fourth-order valence-corrected chi connectivity index (χ4v) is 1.44. The standard InChI is InChI=1S/C11H18N4O2/c1-6(2)10(12-8(4)16)11(17)13-9-5-7(3)14-15-9/h5-6,10H,1-4H3,(H,12,16)(H2,13,14,15,17). The molecule has 0 aliphatic carbocycles.